The lowest BCUT2D eigenvalue weighted by Gasteiger charge is -2.54. The smallest absolute Gasteiger partial charge is 0.164 e. The third kappa shape index (κ3) is 5.61. The minimum Gasteiger partial charge on any atom is -0.455 e. The molecule has 4 saturated carbocycles. The summed E-state index contributed by atoms with van der Waals surface area (Å²) in [5.74, 6) is 6.28. The van der Waals surface area contributed by atoms with Gasteiger partial charge in [-0.15, -0.1) is 0 Å². The van der Waals surface area contributed by atoms with Crippen molar-refractivity contribution in [3.63, 3.8) is 0 Å². The van der Waals surface area contributed by atoms with E-state index in [-0.39, 0.29) is 0 Å². The second kappa shape index (κ2) is 13.1. The van der Waals surface area contributed by atoms with Crippen LogP contribution in [0.1, 0.15) is 43.6 Å². The van der Waals surface area contributed by atoms with Crippen molar-refractivity contribution in [1.82, 2.24) is 15.0 Å². The van der Waals surface area contributed by atoms with Gasteiger partial charge in [0.05, 0.1) is 0 Å². The van der Waals surface area contributed by atoms with E-state index in [1.807, 2.05) is 12.1 Å². The van der Waals surface area contributed by atoms with E-state index >= 15 is 0 Å². The first kappa shape index (κ1) is 32.8. The number of aromatic nitrogens is 3. The number of rotatable bonds is 6. The molecule has 9 aromatic rings. The zero-order valence-corrected chi connectivity index (χ0v) is 31.7. The Bertz CT molecular complexity index is 2950. The van der Waals surface area contributed by atoms with E-state index in [1.165, 1.54) is 54.0 Å². The minimum absolute atomic E-state index is 0.641. The largest absolute Gasteiger partial charge is 0.455 e. The van der Waals surface area contributed by atoms with Gasteiger partial charge in [0.1, 0.15) is 11.2 Å². The summed E-state index contributed by atoms with van der Waals surface area (Å²) in [4.78, 5) is 15.7. The van der Waals surface area contributed by atoms with Crippen molar-refractivity contribution in [2.75, 3.05) is 0 Å². The van der Waals surface area contributed by atoms with Gasteiger partial charge in [-0.1, -0.05) is 146 Å². The summed E-state index contributed by atoms with van der Waals surface area (Å²) in [6, 6.07) is 56.1. The van der Waals surface area contributed by atoms with Crippen LogP contribution in [0.25, 0.3) is 89.1 Å². The van der Waals surface area contributed by atoms with Gasteiger partial charge in [-0.3, -0.25) is 0 Å². The Hall–Kier alpha value is -6.39. The maximum absolute atomic E-state index is 6.53. The molecule has 4 bridgehead atoms. The molecule has 0 amide bonds. The Balaban J connectivity index is 0.971. The first-order valence-corrected chi connectivity index (χ1v) is 20.6. The summed E-state index contributed by atoms with van der Waals surface area (Å²) in [6.45, 7) is 0. The zero-order valence-electron chi connectivity index (χ0n) is 31.7. The fourth-order valence-corrected chi connectivity index (χ4v) is 11.1. The lowest BCUT2D eigenvalue weighted by Crippen LogP contribution is -2.43. The van der Waals surface area contributed by atoms with Crippen LogP contribution in [0, 0.1) is 23.7 Å². The van der Waals surface area contributed by atoms with Crippen molar-refractivity contribution in [2.45, 2.75) is 38.0 Å². The number of benzene rings is 7. The fraction of sp³-hybridized carbons (Fsp3) is 0.189. The van der Waals surface area contributed by atoms with Crippen LogP contribution in [0.5, 0.6) is 0 Å². The molecule has 2 aromatic heterocycles. The average molecular weight is 736 g/mol. The normalized spacial score (nSPS) is 21.2. The minimum atomic E-state index is 0.641. The molecular formula is C53H41N3O. The highest BCUT2D eigenvalue weighted by Gasteiger charge is 2.48. The average Bonchev–Trinajstić information content (AvgIpc) is 3.65. The van der Waals surface area contributed by atoms with E-state index in [4.69, 9.17) is 19.4 Å². The second-order valence-corrected chi connectivity index (χ2v) is 16.9. The molecule has 4 aliphatic rings. The van der Waals surface area contributed by atoms with Gasteiger partial charge in [-0.05, 0) is 107 Å². The molecule has 4 aliphatic carbocycles. The summed E-state index contributed by atoms with van der Waals surface area (Å²) in [5.41, 5.74) is 10.5. The van der Waals surface area contributed by atoms with Crippen LogP contribution in [0.15, 0.2) is 162 Å². The summed E-state index contributed by atoms with van der Waals surface area (Å²) >= 11 is 0. The van der Waals surface area contributed by atoms with Crippen LogP contribution in [-0.2, 0) is 0 Å². The Morgan fingerprint density at radius 1 is 0.404 bits per heavy atom. The molecule has 4 fully saturated rings. The van der Waals surface area contributed by atoms with Crippen molar-refractivity contribution >= 4 is 32.7 Å². The van der Waals surface area contributed by atoms with Gasteiger partial charge in [0.15, 0.2) is 17.5 Å². The van der Waals surface area contributed by atoms with Crippen molar-refractivity contribution in [3.05, 3.63) is 163 Å². The van der Waals surface area contributed by atoms with E-state index in [2.05, 4.69) is 146 Å². The molecule has 0 spiro atoms. The number of furan rings is 1. The van der Waals surface area contributed by atoms with Crippen LogP contribution < -0.4 is 0 Å². The van der Waals surface area contributed by atoms with E-state index in [0.29, 0.717) is 23.4 Å². The first-order chi connectivity index (χ1) is 28.2. The van der Waals surface area contributed by atoms with Gasteiger partial charge < -0.3 is 4.42 Å². The molecule has 0 N–H and O–H groups in total. The van der Waals surface area contributed by atoms with E-state index in [1.54, 1.807) is 0 Å². The van der Waals surface area contributed by atoms with Gasteiger partial charge in [0, 0.05) is 33.0 Å². The lowest BCUT2D eigenvalue weighted by molar-refractivity contribution is -0.00277. The summed E-state index contributed by atoms with van der Waals surface area (Å²) in [5, 5.41) is 4.68. The Morgan fingerprint density at radius 2 is 0.965 bits per heavy atom. The van der Waals surface area contributed by atoms with Crippen molar-refractivity contribution in [2.24, 2.45) is 23.7 Å². The quantitative estimate of drug-likeness (QED) is 0.171. The van der Waals surface area contributed by atoms with Gasteiger partial charge in [-0.2, -0.15) is 0 Å². The highest BCUT2D eigenvalue weighted by Crippen LogP contribution is 2.59. The van der Waals surface area contributed by atoms with Crippen molar-refractivity contribution in [1.29, 1.82) is 0 Å². The molecule has 0 aliphatic heterocycles. The lowest BCUT2D eigenvalue weighted by atomic mass is 9.51. The van der Waals surface area contributed by atoms with E-state index < -0.39 is 0 Å². The number of hydrogen-bond donors (Lipinski definition) is 0. The highest BCUT2D eigenvalue weighted by atomic mass is 16.3. The number of para-hydroxylation sites is 2. The number of nitrogens with zero attached hydrogens (tertiary/aromatic N) is 3. The summed E-state index contributed by atoms with van der Waals surface area (Å²) in [7, 11) is 0. The predicted octanol–water partition coefficient (Wildman–Crippen LogP) is 13.8. The molecule has 274 valence electrons. The van der Waals surface area contributed by atoms with Gasteiger partial charge in [-0.25, -0.2) is 15.0 Å². The first-order valence-electron chi connectivity index (χ1n) is 20.6. The highest BCUT2D eigenvalue weighted by molar-refractivity contribution is 6.10. The van der Waals surface area contributed by atoms with Crippen LogP contribution in [0.2, 0.25) is 0 Å². The predicted molar refractivity (Wildman–Crippen MR) is 232 cm³/mol. The third-order valence-electron chi connectivity index (χ3n) is 13.5. The Labute approximate surface area is 332 Å². The zero-order chi connectivity index (χ0) is 37.5. The molecule has 0 atom stereocenters. The van der Waals surface area contributed by atoms with Crippen LogP contribution in [0.4, 0.5) is 0 Å². The Morgan fingerprint density at radius 3 is 1.72 bits per heavy atom. The second-order valence-electron chi connectivity index (χ2n) is 16.9. The van der Waals surface area contributed by atoms with Crippen molar-refractivity contribution in [3.8, 4) is 56.4 Å². The van der Waals surface area contributed by atoms with Gasteiger partial charge >= 0.3 is 0 Å². The molecule has 0 saturated heterocycles. The molecule has 7 aromatic carbocycles. The third-order valence-corrected chi connectivity index (χ3v) is 13.5. The molecule has 4 nitrogen and oxygen atoms in total. The topological polar surface area (TPSA) is 51.8 Å². The molecule has 57 heavy (non-hydrogen) atoms. The molecule has 4 heteroatoms. The molecule has 0 unspecified atom stereocenters. The number of hydrogen-bond acceptors (Lipinski definition) is 4. The maximum atomic E-state index is 6.53. The molecule has 2 heterocycles. The number of fused-ring (bicyclic) bond motifs is 4. The van der Waals surface area contributed by atoms with Gasteiger partial charge in [0.2, 0.25) is 0 Å². The standard InChI is InChI=1S/C53H41N3O/c1-2-9-39-31-40(25-18-34(39)8-1)35-16-21-37(22-17-35)51-54-52(38-23-19-36(20-24-38)49-41-27-32-26-33(29-41)30-42(49)28-32)56-53(55-51)47-12-4-3-10-43(47)45-13-7-14-46-44-11-5-6-15-48(44)57-50(45)46/h1-25,31-33,41-42,49H,26-30H2. The maximum Gasteiger partial charge on any atom is 0.164 e. The van der Waals surface area contributed by atoms with E-state index in [0.717, 1.165) is 79.0 Å². The van der Waals surface area contributed by atoms with Gasteiger partial charge in [0.25, 0.3) is 0 Å². The molecular weight excluding hydrogens is 695 g/mol. The van der Waals surface area contributed by atoms with Crippen LogP contribution in [-0.4, -0.2) is 15.0 Å². The Kier molecular flexibility index (Phi) is 7.54. The molecule has 13 rings (SSSR count). The SMILES string of the molecule is c1ccc(-c2cccc3c2oc2ccccc23)c(-c2nc(-c3ccc(-c4ccc5ccccc5c4)cc3)nc(-c3ccc(C4C5CC6CC(C5)CC4C6)cc3)n2)c1. The van der Waals surface area contributed by atoms with E-state index in [9.17, 15) is 0 Å². The summed E-state index contributed by atoms with van der Waals surface area (Å²) < 4.78 is 6.53. The van der Waals surface area contributed by atoms with Crippen molar-refractivity contribution < 1.29 is 4.42 Å². The van der Waals surface area contributed by atoms with Crippen LogP contribution >= 0.6 is 0 Å². The van der Waals surface area contributed by atoms with Crippen LogP contribution in [0.3, 0.4) is 0 Å². The monoisotopic (exact) mass is 735 g/mol. The summed E-state index contributed by atoms with van der Waals surface area (Å²) in [6.07, 6.45) is 7.15. The fourth-order valence-electron chi connectivity index (χ4n) is 11.1. The molecule has 0 radical (unpaired) electrons.